The van der Waals surface area contributed by atoms with Gasteiger partial charge in [0.25, 0.3) is 0 Å². The normalized spacial score (nSPS) is 31.6. The van der Waals surface area contributed by atoms with Crippen molar-refractivity contribution in [1.82, 2.24) is 9.80 Å². The lowest BCUT2D eigenvalue weighted by atomic mass is 9.89. The summed E-state index contributed by atoms with van der Waals surface area (Å²) in [7, 11) is 0. The van der Waals surface area contributed by atoms with Crippen LogP contribution in [0, 0.1) is 0 Å². The van der Waals surface area contributed by atoms with Crippen molar-refractivity contribution in [3.05, 3.63) is 0 Å². The van der Waals surface area contributed by atoms with Gasteiger partial charge in [-0.1, -0.05) is 6.42 Å². The first-order valence-corrected chi connectivity index (χ1v) is 6.49. The molecule has 1 aliphatic carbocycles. The fourth-order valence-corrected chi connectivity index (χ4v) is 2.84. The molecule has 1 saturated carbocycles. The third kappa shape index (κ3) is 2.36. The fourth-order valence-electron chi connectivity index (χ4n) is 2.84. The first-order chi connectivity index (χ1) is 6.98. The Hall–Kier alpha value is -0.0800. The minimum absolute atomic E-state index is 0.347. The Labute approximate surface area is 94.6 Å². The summed E-state index contributed by atoms with van der Waals surface area (Å²) in [6, 6.07) is 1.67. The highest BCUT2D eigenvalue weighted by molar-refractivity contribution is 4.91. The Balaban J connectivity index is 1.90. The standard InChI is InChI=1S/C13H26N2/c1-11-10-14(13(2,3)4)8-9-15(11)12-6-5-7-12/h11-12H,5-10H2,1-4H3. The smallest absolute Gasteiger partial charge is 0.0198 e. The van der Waals surface area contributed by atoms with E-state index < -0.39 is 0 Å². The summed E-state index contributed by atoms with van der Waals surface area (Å²) in [4.78, 5) is 5.37. The lowest BCUT2D eigenvalue weighted by molar-refractivity contribution is -0.0124. The van der Waals surface area contributed by atoms with Crippen molar-refractivity contribution >= 4 is 0 Å². The van der Waals surface area contributed by atoms with E-state index in [1.807, 2.05) is 0 Å². The molecule has 0 radical (unpaired) electrons. The van der Waals surface area contributed by atoms with E-state index in [-0.39, 0.29) is 0 Å². The third-order valence-electron chi connectivity index (χ3n) is 4.17. The van der Waals surface area contributed by atoms with Crippen molar-refractivity contribution in [1.29, 1.82) is 0 Å². The summed E-state index contributed by atoms with van der Waals surface area (Å²) in [6.45, 7) is 13.2. The average molecular weight is 210 g/mol. The van der Waals surface area contributed by atoms with Gasteiger partial charge >= 0.3 is 0 Å². The largest absolute Gasteiger partial charge is 0.296 e. The maximum Gasteiger partial charge on any atom is 0.0198 e. The van der Waals surface area contributed by atoms with Crippen molar-refractivity contribution in [3.63, 3.8) is 0 Å². The Bertz CT molecular complexity index is 215. The minimum Gasteiger partial charge on any atom is -0.296 e. The highest BCUT2D eigenvalue weighted by atomic mass is 15.3. The van der Waals surface area contributed by atoms with E-state index in [1.54, 1.807) is 0 Å². The van der Waals surface area contributed by atoms with Gasteiger partial charge < -0.3 is 0 Å². The summed E-state index contributed by atoms with van der Waals surface area (Å²) in [5, 5.41) is 0. The molecule has 1 unspecified atom stereocenters. The lowest BCUT2D eigenvalue weighted by Gasteiger charge is -2.50. The molecule has 2 aliphatic rings. The van der Waals surface area contributed by atoms with E-state index in [0.717, 1.165) is 12.1 Å². The van der Waals surface area contributed by atoms with Crippen molar-refractivity contribution in [3.8, 4) is 0 Å². The second-order valence-electron chi connectivity index (χ2n) is 6.29. The molecule has 0 aromatic rings. The lowest BCUT2D eigenvalue weighted by Crippen LogP contribution is -2.60. The SMILES string of the molecule is CC1CN(C(C)(C)C)CCN1C1CCC1. The van der Waals surface area contributed by atoms with Gasteiger partial charge in [0, 0.05) is 37.3 Å². The molecule has 2 heteroatoms. The van der Waals surface area contributed by atoms with Crippen LogP contribution in [0.2, 0.25) is 0 Å². The second-order valence-corrected chi connectivity index (χ2v) is 6.29. The molecular weight excluding hydrogens is 184 g/mol. The highest BCUT2D eigenvalue weighted by Gasteiger charge is 2.35. The van der Waals surface area contributed by atoms with E-state index in [0.29, 0.717) is 5.54 Å². The molecule has 0 aromatic heterocycles. The predicted molar refractivity (Wildman–Crippen MR) is 65.1 cm³/mol. The maximum atomic E-state index is 2.74. The molecule has 15 heavy (non-hydrogen) atoms. The van der Waals surface area contributed by atoms with E-state index in [9.17, 15) is 0 Å². The molecule has 1 saturated heterocycles. The van der Waals surface area contributed by atoms with Gasteiger partial charge in [-0.3, -0.25) is 9.80 Å². The first kappa shape index (κ1) is 11.4. The molecule has 1 atom stereocenters. The molecule has 88 valence electrons. The Morgan fingerprint density at radius 3 is 2.13 bits per heavy atom. The molecule has 2 nitrogen and oxygen atoms in total. The van der Waals surface area contributed by atoms with Crippen LogP contribution in [0.3, 0.4) is 0 Å². The molecule has 2 fully saturated rings. The molecule has 0 spiro atoms. The number of piperazine rings is 1. The molecular formula is C13H26N2. The molecule has 0 bridgehead atoms. The molecule has 0 N–H and O–H groups in total. The van der Waals surface area contributed by atoms with E-state index in [2.05, 4.69) is 37.5 Å². The van der Waals surface area contributed by atoms with E-state index >= 15 is 0 Å². The van der Waals surface area contributed by atoms with Crippen molar-refractivity contribution in [2.24, 2.45) is 0 Å². The van der Waals surface area contributed by atoms with Crippen LogP contribution >= 0.6 is 0 Å². The van der Waals surface area contributed by atoms with Crippen LogP contribution < -0.4 is 0 Å². The Morgan fingerprint density at radius 2 is 1.73 bits per heavy atom. The molecule has 0 aromatic carbocycles. The van der Waals surface area contributed by atoms with Gasteiger partial charge in [-0.05, 0) is 40.5 Å². The summed E-state index contributed by atoms with van der Waals surface area (Å²) >= 11 is 0. The second kappa shape index (κ2) is 4.06. The number of nitrogens with zero attached hydrogens (tertiary/aromatic N) is 2. The highest BCUT2D eigenvalue weighted by Crippen LogP contribution is 2.29. The fraction of sp³-hybridized carbons (Fsp3) is 1.00. The predicted octanol–water partition coefficient (Wildman–Crippen LogP) is 2.34. The van der Waals surface area contributed by atoms with Gasteiger partial charge in [-0.15, -0.1) is 0 Å². The summed E-state index contributed by atoms with van der Waals surface area (Å²) in [5.41, 5.74) is 0.347. The maximum absolute atomic E-state index is 2.74. The molecule has 1 aliphatic heterocycles. The number of rotatable bonds is 1. The summed E-state index contributed by atoms with van der Waals surface area (Å²) in [5.74, 6) is 0. The average Bonchev–Trinajstić information content (AvgIpc) is 2.03. The zero-order chi connectivity index (χ0) is 11.1. The van der Waals surface area contributed by atoms with Gasteiger partial charge in [0.2, 0.25) is 0 Å². The third-order valence-corrected chi connectivity index (χ3v) is 4.17. The van der Waals surface area contributed by atoms with Crippen molar-refractivity contribution in [2.45, 2.75) is 64.6 Å². The van der Waals surface area contributed by atoms with Gasteiger partial charge in [0.05, 0.1) is 0 Å². The van der Waals surface area contributed by atoms with Crippen LogP contribution in [0.15, 0.2) is 0 Å². The van der Waals surface area contributed by atoms with E-state index in [4.69, 9.17) is 0 Å². The van der Waals surface area contributed by atoms with Crippen LogP contribution in [0.5, 0.6) is 0 Å². The molecule has 1 heterocycles. The van der Waals surface area contributed by atoms with E-state index in [1.165, 1.54) is 38.9 Å². The number of hydrogen-bond acceptors (Lipinski definition) is 2. The van der Waals surface area contributed by atoms with Crippen molar-refractivity contribution in [2.75, 3.05) is 19.6 Å². The minimum atomic E-state index is 0.347. The summed E-state index contributed by atoms with van der Waals surface area (Å²) < 4.78 is 0. The topological polar surface area (TPSA) is 6.48 Å². The Kier molecular flexibility index (Phi) is 3.09. The zero-order valence-corrected chi connectivity index (χ0v) is 10.8. The van der Waals surface area contributed by atoms with Crippen LogP contribution in [0.1, 0.15) is 47.0 Å². The van der Waals surface area contributed by atoms with Gasteiger partial charge in [-0.2, -0.15) is 0 Å². The van der Waals surface area contributed by atoms with Crippen molar-refractivity contribution < 1.29 is 0 Å². The summed E-state index contributed by atoms with van der Waals surface area (Å²) in [6.07, 6.45) is 4.34. The van der Waals surface area contributed by atoms with Crippen LogP contribution in [-0.4, -0.2) is 47.1 Å². The Morgan fingerprint density at radius 1 is 1.07 bits per heavy atom. The van der Waals surface area contributed by atoms with Gasteiger partial charge in [-0.25, -0.2) is 0 Å². The molecule has 2 rings (SSSR count). The number of hydrogen-bond donors (Lipinski definition) is 0. The quantitative estimate of drug-likeness (QED) is 0.655. The zero-order valence-electron chi connectivity index (χ0n) is 10.8. The van der Waals surface area contributed by atoms with Crippen LogP contribution in [0.4, 0.5) is 0 Å². The monoisotopic (exact) mass is 210 g/mol. The van der Waals surface area contributed by atoms with Gasteiger partial charge in [0.15, 0.2) is 0 Å². The van der Waals surface area contributed by atoms with Crippen LogP contribution in [-0.2, 0) is 0 Å². The molecule has 0 amide bonds. The van der Waals surface area contributed by atoms with Gasteiger partial charge in [0.1, 0.15) is 0 Å². The first-order valence-electron chi connectivity index (χ1n) is 6.49. The van der Waals surface area contributed by atoms with Crippen LogP contribution in [0.25, 0.3) is 0 Å².